The topological polar surface area (TPSA) is 76.5 Å². The molecule has 0 atom stereocenters. The van der Waals surface area contributed by atoms with Gasteiger partial charge in [-0.15, -0.1) is 0 Å². The van der Waals surface area contributed by atoms with Crippen molar-refractivity contribution < 1.29 is 13.2 Å². The minimum Gasteiger partial charge on any atom is -0.341 e. The normalized spacial score (nSPS) is 11.4. The van der Waals surface area contributed by atoms with Gasteiger partial charge in [0, 0.05) is 18.8 Å². The lowest BCUT2D eigenvalue weighted by Crippen LogP contribution is -2.39. The fourth-order valence-corrected chi connectivity index (χ4v) is 4.86. The Morgan fingerprint density at radius 3 is 2.14 bits per heavy atom. The summed E-state index contributed by atoms with van der Waals surface area (Å²) in [6.07, 6.45) is 1.64. The van der Waals surface area contributed by atoms with Gasteiger partial charge in [-0.2, -0.15) is 0 Å². The number of rotatable bonds is 8. The first-order chi connectivity index (χ1) is 13.2. The number of hydrogen-bond donors (Lipinski definition) is 0. The molecule has 28 heavy (non-hydrogen) atoms. The lowest BCUT2D eigenvalue weighted by Gasteiger charge is -2.23. The highest BCUT2D eigenvalue weighted by molar-refractivity contribution is 7.91. The summed E-state index contributed by atoms with van der Waals surface area (Å²) in [5.74, 6) is -0.180. The smallest absolute Gasteiger partial charge is 0.270 e. The van der Waals surface area contributed by atoms with E-state index < -0.39 is 15.4 Å². The quantitative estimate of drug-likeness (QED) is 0.678. The summed E-state index contributed by atoms with van der Waals surface area (Å²) in [5.41, 5.74) is 0.299. The van der Waals surface area contributed by atoms with Crippen LogP contribution in [0.15, 0.2) is 51.0 Å². The molecular weight excluding hydrogens is 376 g/mol. The van der Waals surface area contributed by atoms with Gasteiger partial charge in [-0.05, 0) is 50.5 Å². The molecule has 0 spiro atoms. The molecule has 1 heterocycles. The van der Waals surface area contributed by atoms with Gasteiger partial charge in [0.2, 0.25) is 15.7 Å². The molecule has 0 saturated carbocycles. The Hall–Kier alpha value is -2.41. The highest BCUT2D eigenvalue weighted by atomic mass is 32.2. The Labute approximate surface area is 166 Å². The van der Waals surface area contributed by atoms with E-state index in [1.807, 2.05) is 13.8 Å². The number of carbonyl (C=O) groups excluding carboxylic acids is 1. The number of aryl methyl sites for hydroxylation is 2. The standard InChI is InChI=1S/C21H28N2O4S/c1-5-12-22(13-6-2)19(24)15-23-17(4)14-16(3)20(21(23)25)28(26,27)18-10-8-7-9-11-18/h7-11,14H,5-6,12-13,15H2,1-4H3. The van der Waals surface area contributed by atoms with Gasteiger partial charge in [0.15, 0.2) is 0 Å². The molecule has 152 valence electrons. The Balaban J connectivity index is 2.53. The van der Waals surface area contributed by atoms with Gasteiger partial charge in [-0.1, -0.05) is 32.0 Å². The molecule has 0 saturated heterocycles. The van der Waals surface area contributed by atoms with Crippen LogP contribution in [0.4, 0.5) is 0 Å². The van der Waals surface area contributed by atoms with Crippen molar-refractivity contribution in [3.05, 3.63) is 58.0 Å². The highest BCUT2D eigenvalue weighted by Crippen LogP contribution is 2.21. The van der Waals surface area contributed by atoms with Crippen molar-refractivity contribution in [2.24, 2.45) is 0 Å². The summed E-state index contributed by atoms with van der Waals surface area (Å²) in [6, 6.07) is 9.53. The molecular formula is C21H28N2O4S. The van der Waals surface area contributed by atoms with Gasteiger partial charge >= 0.3 is 0 Å². The zero-order chi connectivity index (χ0) is 20.9. The van der Waals surface area contributed by atoms with E-state index in [-0.39, 0.29) is 22.2 Å². The first kappa shape index (κ1) is 21.9. The van der Waals surface area contributed by atoms with Crippen LogP contribution in [0.2, 0.25) is 0 Å². The molecule has 2 rings (SSSR count). The molecule has 0 fully saturated rings. The number of nitrogens with zero attached hydrogens (tertiary/aromatic N) is 2. The van der Waals surface area contributed by atoms with E-state index in [1.54, 1.807) is 43.0 Å². The highest BCUT2D eigenvalue weighted by Gasteiger charge is 2.26. The van der Waals surface area contributed by atoms with Gasteiger partial charge in [0.05, 0.1) is 4.90 Å². The molecule has 0 N–H and O–H groups in total. The Morgan fingerprint density at radius 2 is 1.61 bits per heavy atom. The maximum atomic E-state index is 13.1. The Kier molecular flexibility index (Phi) is 7.18. The Morgan fingerprint density at radius 1 is 1.04 bits per heavy atom. The average Bonchev–Trinajstić information content (AvgIpc) is 2.65. The van der Waals surface area contributed by atoms with E-state index in [1.165, 1.54) is 16.7 Å². The zero-order valence-electron chi connectivity index (χ0n) is 16.9. The van der Waals surface area contributed by atoms with Crippen LogP contribution in [0, 0.1) is 13.8 Å². The van der Waals surface area contributed by atoms with Crippen LogP contribution >= 0.6 is 0 Å². The summed E-state index contributed by atoms with van der Waals surface area (Å²) >= 11 is 0. The number of pyridine rings is 1. The second-order valence-corrected chi connectivity index (χ2v) is 8.77. The molecule has 7 heteroatoms. The Bertz CT molecular complexity index is 989. The van der Waals surface area contributed by atoms with E-state index in [0.29, 0.717) is 24.3 Å². The van der Waals surface area contributed by atoms with Crippen LogP contribution in [0.1, 0.15) is 37.9 Å². The molecule has 0 aliphatic heterocycles. The number of carbonyl (C=O) groups is 1. The first-order valence-electron chi connectivity index (χ1n) is 9.53. The predicted molar refractivity (Wildman–Crippen MR) is 109 cm³/mol. The van der Waals surface area contributed by atoms with E-state index in [4.69, 9.17) is 0 Å². The lowest BCUT2D eigenvalue weighted by molar-refractivity contribution is -0.132. The number of amides is 1. The van der Waals surface area contributed by atoms with Crippen molar-refractivity contribution in [1.29, 1.82) is 0 Å². The summed E-state index contributed by atoms with van der Waals surface area (Å²) in [6.45, 7) is 8.36. The van der Waals surface area contributed by atoms with Gasteiger partial charge in [-0.3, -0.25) is 9.59 Å². The third-order valence-corrected chi connectivity index (χ3v) is 6.53. The van der Waals surface area contributed by atoms with Gasteiger partial charge < -0.3 is 9.47 Å². The number of benzene rings is 1. The predicted octanol–water partition coefficient (Wildman–Crippen LogP) is 2.95. The van der Waals surface area contributed by atoms with Gasteiger partial charge in [0.25, 0.3) is 5.56 Å². The van der Waals surface area contributed by atoms with E-state index >= 15 is 0 Å². The minimum absolute atomic E-state index is 0.0653. The fourth-order valence-electron chi connectivity index (χ4n) is 3.29. The molecule has 0 bridgehead atoms. The maximum Gasteiger partial charge on any atom is 0.270 e. The molecule has 2 aromatic rings. The number of hydrogen-bond acceptors (Lipinski definition) is 4. The van der Waals surface area contributed by atoms with Gasteiger partial charge in [-0.25, -0.2) is 8.42 Å². The first-order valence-corrected chi connectivity index (χ1v) is 11.0. The molecule has 0 aliphatic rings. The monoisotopic (exact) mass is 404 g/mol. The fraction of sp³-hybridized carbons (Fsp3) is 0.429. The zero-order valence-corrected chi connectivity index (χ0v) is 17.8. The molecule has 1 aromatic carbocycles. The summed E-state index contributed by atoms with van der Waals surface area (Å²) < 4.78 is 27.4. The second kappa shape index (κ2) is 9.19. The molecule has 1 amide bonds. The molecule has 0 aliphatic carbocycles. The van der Waals surface area contributed by atoms with E-state index in [9.17, 15) is 18.0 Å². The van der Waals surface area contributed by atoms with Crippen molar-refractivity contribution in [3.8, 4) is 0 Å². The van der Waals surface area contributed by atoms with Crippen molar-refractivity contribution in [1.82, 2.24) is 9.47 Å². The molecule has 0 radical (unpaired) electrons. The van der Waals surface area contributed by atoms with Gasteiger partial charge in [0.1, 0.15) is 11.4 Å². The van der Waals surface area contributed by atoms with Crippen LogP contribution in [0.5, 0.6) is 0 Å². The van der Waals surface area contributed by atoms with Crippen LogP contribution in [-0.2, 0) is 21.2 Å². The number of aromatic nitrogens is 1. The third-order valence-electron chi connectivity index (χ3n) is 4.60. The largest absolute Gasteiger partial charge is 0.341 e. The lowest BCUT2D eigenvalue weighted by atomic mass is 10.2. The average molecular weight is 405 g/mol. The van der Waals surface area contributed by atoms with Crippen LogP contribution in [0.25, 0.3) is 0 Å². The van der Waals surface area contributed by atoms with E-state index in [0.717, 1.165) is 12.8 Å². The third kappa shape index (κ3) is 4.52. The van der Waals surface area contributed by atoms with Crippen LogP contribution < -0.4 is 5.56 Å². The van der Waals surface area contributed by atoms with Crippen LogP contribution in [0.3, 0.4) is 0 Å². The number of sulfone groups is 1. The summed E-state index contributed by atoms with van der Waals surface area (Å²) in [4.78, 5) is 27.4. The molecule has 1 aromatic heterocycles. The summed E-state index contributed by atoms with van der Waals surface area (Å²) in [5, 5.41) is 0. The van der Waals surface area contributed by atoms with E-state index in [2.05, 4.69) is 0 Å². The molecule has 0 unspecified atom stereocenters. The minimum atomic E-state index is -3.97. The van der Waals surface area contributed by atoms with Crippen molar-refractivity contribution >= 4 is 15.7 Å². The van der Waals surface area contributed by atoms with Crippen molar-refractivity contribution in [3.63, 3.8) is 0 Å². The summed E-state index contributed by atoms with van der Waals surface area (Å²) in [7, 11) is -3.97. The van der Waals surface area contributed by atoms with Crippen molar-refractivity contribution in [2.75, 3.05) is 13.1 Å². The maximum absolute atomic E-state index is 13.1. The van der Waals surface area contributed by atoms with Crippen LogP contribution in [-0.4, -0.2) is 36.9 Å². The molecule has 6 nitrogen and oxygen atoms in total. The second-order valence-electron chi connectivity index (χ2n) is 6.89. The SMILES string of the molecule is CCCN(CCC)C(=O)Cn1c(C)cc(C)c(S(=O)(=O)c2ccccc2)c1=O. The van der Waals surface area contributed by atoms with Crippen molar-refractivity contribution in [2.45, 2.75) is 56.9 Å².